The third-order valence-electron chi connectivity index (χ3n) is 6.49. The van der Waals surface area contributed by atoms with Gasteiger partial charge in [0.1, 0.15) is 5.01 Å². The molecule has 0 bridgehead atoms. The summed E-state index contributed by atoms with van der Waals surface area (Å²) in [6.07, 6.45) is 2.49. The molecule has 230 valence electrons. The van der Waals surface area contributed by atoms with Crippen molar-refractivity contribution in [1.29, 1.82) is 0 Å². The van der Waals surface area contributed by atoms with Crippen LogP contribution in [-0.2, 0) is 40.5 Å². The predicted octanol–water partition coefficient (Wildman–Crippen LogP) is 3.28. The fraction of sp³-hybridized carbons (Fsp3) is 0.179. The molecule has 12 nitrogen and oxygen atoms in total. The minimum Gasteiger partial charge on any atom is -0.347 e. The van der Waals surface area contributed by atoms with Crippen molar-refractivity contribution in [2.75, 3.05) is 23.9 Å². The molecule has 0 fully saturated rings. The average molecular weight is 676 g/mol. The fourth-order valence-electron chi connectivity index (χ4n) is 4.37. The van der Waals surface area contributed by atoms with Crippen molar-refractivity contribution in [3.05, 3.63) is 88.9 Å². The van der Waals surface area contributed by atoms with Crippen LogP contribution in [0.15, 0.2) is 87.6 Å². The zero-order valence-corrected chi connectivity index (χ0v) is 26.3. The Bertz CT molecular complexity index is 2090. The highest BCUT2D eigenvalue weighted by Gasteiger charge is 2.31. The number of benzene rings is 3. The van der Waals surface area contributed by atoms with Crippen LogP contribution in [0.2, 0.25) is 0 Å². The van der Waals surface area contributed by atoms with Gasteiger partial charge in [0.25, 0.3) is 21.9 Å². The number of sulfone groups is 2. The smallest absolute Gasteiger partial charge is 0.264 e. The number of aromatic nitrogens is 1. The first-order chi connectivity index (χ1) is 20.7. The number of nitrogens with zero attached hydrogens (tertiary/aromatic N) is 1. The number of hydrogen-bond donors (Lipinski definition) is 2. The molecule has 0 saturated heterocycles. The normalized spacial score (nSPS) is 14.2. The lowest BCUT2D eigenvalue weighted by molar-refractivity contribution is 0.0949. The number of fused-ring (bicyclic) bond motifs is 2. The maximum absolute atomic E-state index is 13.2. The molecule has 1 aromatic heterocycles. The third kappa shape index (κ3) is 6.89. The van der Waals surface area contributed by atoms with Gasteiger partial charge in [-0.05, 0) is 48.9 Å². The van der Waals surface area contributed by atoms with Crippen LogP contribution in [0.4, 0.5) is 5.69 Å². The summed E-state index contributed by atoms with van der Waals surface area (Å²) in [4.78, 5) is 30.5. The van der Waals surface area contributed by atoms with Gasteiger partial charge in [-0.15, -0.1) is 11.3 Å². The van der Waals surface area contributed by atoms with Crippen LogP contribution in [0.5, 0.6) is 0 Å². The number of hydrogen-bond acceptors (Lipinski definition) is 11. The van der Waals surface area contributed by atoms with Gasteiger partial charge < -0.3 is 10.6 Å². The second kappa shape index (κ2) is 12.2. The van der Waals surface area contributed by atoms with E-state index >= 15 is 0 Å². The van der Waals surface area contributed by atoms with E-state index in [9.17, 15) is 34.8 Å². The Hall–Kier alpha value is -3.96. The zero-order valence-electron chi connectivity index (χ0n) is 23.0. The van der Waals surface area contributed by atoms with Gasteiger partial charge in [-0.25, -0.2) is 21.8 Å². The van der Waals surface area contributed by atoms with Crippen LogP contribution in [0.3, 0.4) is 0 Å². The second-order valence-corrected chi connectivity index (χ2v) is 16.5. The molecule has 1 aliphatic rings. The molecule has 3 aromatic carbocycles. The molecule has 2 heterocycles. The maximum Gasteiger partial charge on any atom is 0.264 e. The van der Waals surface area contributed by atoms with Crippen molar-refractivity contribution in [1.82, 2.24) is 10.3 Å². The number of thiazole rings is 1. The first-order valence-corrected chi connectivity index (χ1v) is 18.7. The average Bonchev–Trinajstić information content (AvgIpc) is 3.44. The Labute approximate surface area is 258 Å². The molecular weight excluding hydrogens is 651 g/mol. The molecule has 1 aliphatic heterocycles. The Morgan fingerprint density at radius 1 is 1.00 bits per heavy atom. The van der Waals surface area contributed by atoms with Crippen molar-refractivity contribution < 1.29 is 39.0 Å². The molecule has 2 amide bonds. The van der Waals surface area contributed by atoms with Crippen LogP contribution in [0, 0.1) is 0 Å². The minimum atomic E-state index is -3.99. The van der Waals surface area contributed by atoms with Gasteiger partial charge in [0.05, 0.1) is 51.1 Å². The van der Waals surface area contributed by atoms with Gasteiger partial charge in [-0.1, -0.05) is 24.3 Å². The highest BCUT2D eigenvalue weighted by molar-refractivity contribution is 7.92. The summed E-state index contributed by atoms with van der Waals surface area (Å²) in [5, 5.41) is 5.94. The van der Waals surface area contributed by atoms with E-state index in [2.05, 4.69) is 19.8 Å². The molecule has 4 aromatic rings. The highest BCUT2D eigenvalue weighted by atomic mass is 32.2. The van der Waals surface area contributed by atoms with Crippen LogP contribution >= 0.6 is 11.3 Å². The summed E-state index contributed by atoms with van der Waals surface area (Å²) in [5.41, 5.74) is 0.834. The fourth-order valence-corrected chi connectivity index (χ4v) is 8.53. The Kier molecular flexibility index (Phi) is 8.73. The van der Waals surface area contributed by atoms with Gasteiger partial charge in [0, 0.05) is 22.2 Å². The summed E-state index contributed by atoms with van der Waals surface area (Å²) in [5.74, 6) is -1.36. The highest BCUT2D eigenvalue weighted by Crippen LogP contribution is 2.34. The quantitative estimate of drug-likeness (QED) is 0.187. The van der Waals surface area contributed by atoms with E-state index in [-0.39, 0.29) is 56.8 Å². The van der Waals surface area contributed by atoms with E-state index < -0.39 is 41.6 Å². The van der Waals surface area contributed by atoms with Crippen molar-refractivity contribution in [2.24, 2.45) is 0 Å². The first kappa shape index (κ1) is 31.5. The van der Waals surface area contributed by atoms with Crippen LogP contribution in [-0.4, -0.2) is 60.7 Å². The van der Waals surface area contributed by atoms with Crippen molar-refractivity contribution >= 4 is 58.6 Å². The van der Waals surface area contributed by atoms with E-state index in [1.54, 1.807) is 24.4 Å². The Morgan fingerprint density at radius 3 is 2.45 bits per heavy atom. The molecule has 16 heteroatoms. The van der Waals surface area contributed by atoms with E-state index in [1.807, 2.05) is 0 Å². The van der Waals surface area contributed by atoms with Crippen LogP contribution in [0.25, 0.3) is 10.6 Å². The van der Waals surface area contributed by atoms with Gasteiger partial charge in [0.15, 0.2) is 9.84 Å². The summed E-state index contributed by atoms with van der Waals surface area (Å²) < 4.78 is 78.1. The molecule has 5 rings (SSSR count). The molecule has 0 radical (unpaired) electrons. The summed E-state index contributed by atoms with van der Waals surface area (Å²) in [7, 11) is -11.3. The van der Waals surface area contributed by atoms with Crippen molar-refractivity contribution in [3.8, 4) is 10.6 Å². The number of anilines is 1. The molecule has 0 atom stereocenters. The van der Waals surface area contributed by atoms with Gasteiger partial charge in [-0.3, -0.25) is 13.8 Å². The van der Waals surface area contributed by atoms with Crippen molar-refractivity contribution in [3.63, 3.8) is 0 Å². The van der Waals surface area contributed by atoms with E-state index in [0.29, 0.717) is 15.4 Å². The molecule has 44 heavy (non-hydrogen) atoms. The first-order valence-electron chi connectivity index (χ1n) is 12.9. The van der Waals surface area contributed by atoms with E-state index in [4.69, 9.17) is 0 Å². The molecular formula is C28H25N3O9S4. The van der Waals surface area contributed by atoms with Gasteiger partial charge >= 0.3 is 0 Å². The standard InChI is InChI=1S/C28H25N3O9S4/c1-42(34,35)40-13-4-14-43(36,37)21-10-7-18(8-11-21)28-30-17-20(41-28)16-29-26(32)19-9-12-25-23(15-19)31-27(33)22-5-2-3-6-24(22)44(25,38)39/h2-3,5-12,15,17H,4,13-14,16H2,1H3,(H,29,32)(H,31,33). The van der Waals surface area contributed by atoms with Crippen LogP contribution < -0.4 is 10.6 Å². The lowest BCUT2D eigenvalue weighted by atomic mass is 10.1. The summed E-state index contributed by atoms with van der Waals surface area (Å²) in [6.45, 7) is -0.111. The van der Waals surface area contributed by atoms with E-state index in [1.165, 1.54) is 59.9 Å². The lowest BCUT2D eigenvalue weighted by Crippen LogP contribution is -2.22. The van der Waals surface area contributed by atoms with E-state index in [0.717, 1.165) is 6.26 Å². The van der Waals surface area contributed by atoms with Gasteiger partial charge in [0.2, 0.25) is 9.84 Å². The number of amides is 2. The SMILES string of the molecule is CS(=O)(=O)OCCCS(=O)(=O)c1ccc(-c2ncc(CNC(=O)c3ccc4c(c3)NC(=O)c3ccccc3S4(=O)=O)s2)cc1. The number of rotatable bonds is 10. The summed E-state index contributed by atoms with van der Waals surface area (Å²) >= 11 is 1.29. The molecule has 0 unspecified atom stereocenters. The Balaban J connectivity index is 1.22. The number of nitrogens with one attached hydrogen (secondary N) is 2. The molecule has 0 saturated carbocycles. The third-order valence-corrected chi connectivity index (χ3v) is 11.8. The zero-order chi connectivity index (χ0) is 31.7. The van der Waals surface area contributed by atoms with Crippen molar-refractivity contribution in [2.45, 2.75) is 27.7 Å². The summed E-state index contributed by atoms with van der Waals surface area (Å²) in [6, 6.07) is 16.0. The number of carbonyl (C=O) groups excluding carboxylic acids is 2. The molecule has 0 spiro atoms. The maximum atomic E-state index is 13.2. The van der Waals surface area contributed by atoms with Gasteiger partial charge in [-0.2, -0.15) is 8.42 Å². The second-order valence-electron chi connectivity index (χ2n) is 9.70. The monoisotopic (exact) mass is 675 g/mol. The predicted molar refractivity (Wildman–Crippen MR) is 162 cm³/mol. The topological polar surface area (TPSA) is 183 Å². The minimum absolute atomic E-state index is 0.00613. The number of carbonyl (C=O) groups is 2. The lowest BCUT2D eigenvalue weighted by Gasteiger charge is -2.10. The molecule has 2 N–H and O–H groups in total. The Morgan fingerprint density at radius 2 is 1.73 bits per heavy atom. The molecule has 0 aliphatic carbocycles. The van der Waals surface area contributed by atoms with Crippen LogP contribution in [0.1, 0.15) is 32.0 Å². The largest absolute Gasteiger partial charge is 0.347 e.